The molecule has 0 aromatic carbocycles. The van der Waals surface area contributed by atoms with E-state index in [0.29, 0.717) is 0 Å². The van der Waals surface area contributed by atoms with Gasteiger partial charge in [-0.15, -0.1) is 0 Å². The first-order valence-electron chi connectivity index (χ1n) is 7.50. The van der Waals surface area contributed by atoms with Crippen molar-refractivity contribution < 1.29 is 14.3 Å². The van der Waals surface area contributed by atoms with Crippen LogP contribution in [0.3, 0.4) is 0 Å². The van der Waals surface area contributed by atoms with E-state index >= 15 is 0 Å². The van der Waals surface area contributed by atoms with Gasteiger partial charge in [-0.05, 0) is 46.2 Å². The number of rotatable bonds is 7. The van der Waals surface area contributed by atoms with Crippen LogP contribution in [-0.2, 0) is 14.3 Å². The van der Waals surface area contributed by atoms with Crippen LogP contribution in [0.5, 0.6) is 0 Å². The number of hydrogen-bond donors (Lipinski definition) is 1. The highest BCUT2D eigenvalue weighted by molar-refractivity contribution is 5.80. The summed E-state index contributed by atoms with van der Waals surface area (Å²) in [6.45, 7) is 9.70. The Bertz CT molecular complexity index is 324. The van der Waals surface area contributed by atoms with E-state index in [1.165, 1.54) is 7.11 Å². The zero-order valence-electron chi connectivity index (χ0n) is 13.6. The third-order valence-electron chi connectivity index (χ3n) is 4.36. The molecule has 5 nitrogen and oxygen atoms in total. The van der Waals surface area contributed by atoms with Crippen molar-refractivity contribution in [3.05, 3.63) is 0 Å². The number of ether oxygens (including phenoxy) is 2. The SMILES string of the molecule is CCNC(C)(CCN1CCCC(C)(OC)C1)C(=O)OC. The van der Waals surface area contributed by atoms with Gasteiger partial charge in [0.05, 0.1) is 12.7 Å². The molecule has 1 fully saturated rings. The molecule has 1 aliphatic heterocycles. The topological polar surface area (TPSA) is 50.8 Å². The lowest BCUT2D eigenvalue weighted by molar-refractivity contribution is -0.148. The van der Waals surface area contributed by atoms with Gasteiger partial charge in [0.25, 0.3) is 0 Å². The normalized spacial score (nSPS) is 27.1. The molecule has 0 bridgehead atoms. The number of carbonyl (C=O) groups excluding carboxylic acids is 1. The van der Waals surface area contributed by atoms with Gasteiger partial charge < -0.3 is 19.7 Å². The largest absolute Gasteiger partial charge is 0.468 e. The Morgan fingerprint density at radius 2 is 2.15 bits per heavy atom. The molecule has 0 aromatic rings. The van der Waals surface area contributed by atoms with Crippen molar-refractivity contribution in [2.75, 3.05) is 40.4 Å². The lowest BCUT2D eigenvalue weighted by atomic mass is 9.92. The van der Waals surface area contributed by atoms with Crippen molar-refractivity contribution in [1.82, 2.24) is 10.2 Å². The minimum Gasteiger partial charge on any atom is -0.468 e. The van der Waals surface area contributed by atoms with Crippen LogP contribution in [-0.4, -0.2) is 62.4 Å². The average molecular weight is 286 g/mol. The molecule has 1 rings (SSSR count). The van der Waals surface area contributed by atoms with Crippen molar-refractivity contribution in [1.29, 1.82) is 0 Å². The van der Waals surface area contributed by atoms with Gasteiger partial charge in [-0.2, -0.15) is 0 Å². The second kappa shape index (κ2) is 7.38. The molecule has 1 N–H and O–H groups in total. The molecule has 0 aromatic heterocycles. The molecule has 1 aliphatic rings. The monoisotopic (exact) mass is 286 g/mol. The summed E-state index contributed by atoms with van der Waals surface area (Å²) in [7, 11) is 3.22. The van der Waals surface area contributed by atoms with E-state index in [1.54, 1.807) is 7.11 Å². The third-order valence-corrected chi connectivity index (χ3v) is 4.36. The number of esters is 1. The van der Waals surface area contributed by atoms with E-state index < -0.39 is 5.54 Å². The Morgan fingerprint density at radius 1 is 1.45 bits per heavy atom. The predicted octanol–water partition coefficient (Wildman–Crippen LogP) is 1.42. The summed E-state index contributed by atoms with van der Waals surface area (Å²) >= 11 is 0. The summed E-state index contributed by atoms with van der Waals surface area (Å²) in [6, 6.07) is 0. The number of nitrogens with zero attached hydrogens (tertiary/aromatic N) is 1. The van der Waals surface area contributed by atoms with E-state index in [9.17, 15) is 4.79 Å². The van der Waals surface area contributed by atoms with Crippen LogP contribution >= 0.6 is 0 Å². The maximum atomic E-state index is 12.0. The van der Waals surface area contributed by atoms with Crippen LogP contribution in [0.4, 0.5) is 0 Å². The highest BCUT2D eigenvalue weighted by Gasteiger charge is 2.36. The molecular weight excluding hydrogens is 256 g/mol. The molecule has 0 spiro atoms. The Hall–Kier alpha value is -0.650. The van der Waals surface area contributed by atoms with Crippen LogP contribution < -0.4 is 5.32 Å². The van der Waals surface area contributed by atoms with Gasteiger partial charge in [-0.25, -0.2) is 0 Å². The van der Waals surface area contributed by atoms with E-state index in [2.05, 4.69) is 17.1 Å². The lowest BCUT2D eigenvalue weighted by Crippen LogP contribution is -2.54. The Morgan fingerprint density at radius 3 is 2.70 bits per heavy atom. The smallest absolute Gasteiger partial charge is 0.325 e. The molecule has 0 amide bonds. The maximum absolute atomic E-state index is 12.0. The molecule has 20 heavy (non-hydrogen) atoms. The fourth-order valence-corrected chi connectivity index (χ4v) is 2.92. The molecular formula is C15H30N2O3. The third kappa shape index (κ3) is 4.43. The molecule has 0 aliphatic carbocycles. The molecule has 2 atom stereocenters. The summed E-state index contributed by atoms with van der Waals surface area (Å²) in [4.78, 5) is 14.3. The van der Waals surface area contributed by atoms with Gasteiger partial charge in [-0.3, -0.25) is 4.79 Å². The number of methoxy groups -OCH3 is 2. The van der Waals surface area contributed by atoms with E-state index in [4.69, 9.17) is 9.47 Å². The van der Waals surface area contributed by atoms with Crippen LogP contribution in [0, 0.1) is 0 Å². The number of hydrogen-bond acceptors (Lipinski definition) is 5. The van der Waals surface area contributed by atoms with Gasteiger partial charge >= 0.3 is 5.97 Å². The molecule has 2 unspecified atom stereocenters. The quantitative estimate of drug-likeness (QED) is 0.717. The Kier molecular flexibility index (Phi) is 6.43. The van der Waals surface area contributed by atoms with Crippen LogP contribution in [0.2, 0.25) is 0 Å². The summed E-state index contributed by atoms with van der Waals surface area (Å²) in [5.41, 5.74) is -0.664. The average Bonchev–Trinajstić information content (AvgIpc) is 2.45. The fourth-order valence-electron chi connectivity index (χ4n) is 2.92. The highest BCUT2D eigenvalue weighted by Crippen LogP contribution is 2.24. The Balaban J connectivity index is 2.57. The van der Waals surface area contributed by atoms with E-state index in [0.717, 1.165) is 45.4 Å². The molecule has 0 saturated carbocycles. The van der Waals surface area contributed by atoms with Crippen molar-refractivity contribution >= 4 is 5.97 Å². The number of likely N-dealkylation sites (tertiary alicyclic amines) is 1. The van der Waals surface area contributed by atoms with Crippen LogP contribution in [0.1, 0.15) is 40.0 Å². The Labute approximate surface area is 123 Å². The second-order valence-corrected chi connectivity index (χ2v) is 6.14. The summed E-state index contributed by atoms with van der Waals surface area (Å²) in [5.74, 6) is -0.189. The molecule has 1 saturated heterocycles. The number of piperidine rings is 1. The lowest BCUT2D eigenvalue weighted by Gasteiger charge is -2.40. The number of nitrogens with one attached hydrogen (secondary N) is 1. The van der Waals surface area contributed by atoms with Crippen molar-refractivity contribution in [3.63, 3.8) is 0 Å². The van der Waals surface area contributed by atoms with E-state index in [-0.39, 0.29) is 11.6 Å². The fraction of sp³-hybridized carbons (Fsp3) is 0.933. The molecule has 1 heterocycles. The zero-order chi connectivity index (χ0) is 15.2. The van der Waals surface area contributed by atoms with Gasteiger partial charge in [0, 0.05) is 20.2 Å². The first kappa shape index (κ1) is 17.4. The van der Waals surface area contributed by atoms with Gasteiger partial charge in [0.15, 0.2) is 0 Å². The van der Waals surface area contributed by atoms with Crippen molar-refractivity contribution in [2.45, 2.75) is 51.2 Å². The van der Waals surface area contributed by atoms with Gasteiger partial charge in [-0.1, -0.05) is 6.92 Å². The molecule has 0 radical (unpaired) electrons. The molecule has 118 valence electrons. The summed E-state index contributed by atoms with van der Waals surface area (Å²) in [5, 5.41) is 3.25. The van der Waals surface area contributed by atoms with Gasteiger partial charge in [0.1, 0.15) is 5.54 Å². The summed E-state index contributed by atoms with van der Waals surface area (Å²) < 4.78 is 10.5. The zero-order valence-corrected chi connectivity index (χ0v) is 13.6. The van der Waals surface area contributed by atoms with Crippen LogP contribution in [0.25, 0.3) is 0 Å². The van der Waals surface area contributed by atoms with Crippen molar-refractivity contribution in [3.8, 4) is 0 Å². The van der Waals surface area contributed by atoms with Crippen molar-refractivity contribution in [2.24, 2.45) is 0 Å². The molecule has 5 heteroatoms. The number of carbonyl (C=O) groups is 1. The maximum Gasteiger partial charge on any atom is 0.325 e. The number of likely N-dealkylation sites (N-methyl/N-ethyl adjacent to an activating group) is 1. The minimum atomic E-state index is -0.607. The predicted molar refractivity (Wildman–Crippen MR) is 79.8 cm³/mol. The minimum absolute atomic E-state index is 0.0574. The second-order valence-electron chi connectivity index (χ2n) is 6.14. The standard InChI is InChI=1S/C15H30N2O3/c1-6-16-15(3,13(18)19-4)9-11-17-10-7-8-14(2,12-17)20-5/h16H,6-12H2,1-5H3. The van der Waals surface area contributed by atoms with Crippen LogP contribution in [0.15, 0.2) is 0 Å². The first-order chi connectivity index (χ1) is 9.39. The van der Waals surface area contributed by atoms with Gasteiger partial charge in [0.2, 0.25) is 0 Å². The highest BCUT2D eigenvalue weighted by atomic mass is 16.5. The van der Waals surface area contributed by atoms with E-state index in [1.807, 2.05) is 13.8 Å². The summed E-state index contributed by atoms with van der Waals surface area (Å²) in [6.07, 6.45) is 2.98. The first-order valence-corrected chi connectivity index (χ1v) is 7.50.